The predicted molar refractivity (Wildman–Crippen MR) is 224 cm³/mol. The summed E-state index contributed by atoms with van der Waals surface area (Å²) < 4.78 is 58.5. The molecule has 336 valence electrons. The molecule has 4 amide bonds. The number of esters is 1. The summed E-state index contributed by atoms with van der Waals surface area (Å²) in [4.78, 5) is 62.4. The average molecular weight is 878 g/mol. The van der Waals surface area contributed by atoms with Crippen molar-refractivity contribution in [3.63, 3.8) is 0 Å². The number of morpholine rings is 1. The van der Waals surface area contributed by atoms with Gasteiger partial charge in [0.1, 0.15) is 6.61 Å². The number of nitrogen functional groups attached to an aromatic ring is 1. The van der Waals surface area contributed by atoms with E-state index < -0.39 is 35.5 Å². The number of amides is 4. The molecule has 6 rings (SSSR count). The van der Waals surface area contributed by atoms with Crippen LogP contribution in [0.3, 0.4) is 0 Å². The number of likely N-dealkylation sites (N-methyl/N-ethyl adjacent to an activating group) is 1. The zero-order valence-corrected chi connectivity index (χ0v) is 35.9. The van der Waals surface area contributed by atoms with Gasteiger partial charge in [-0.15, -0.1) is 0 Å². The Kier molecular flexibility index (Phi) is 16.0. The summed E-state index contributed by atoms with van der Waals surface area (Å²) in [5.74, 6) is -0.198. The number of rotatable bonds is 14. The third-order valence-corrected chi connectivity index (χ3v) is 12.9. The monoisotopic (exact) mass is 877 g/mol. The summed E-state index contributed by atoms with van der Waals surface area (Å²) in [6, 6.07) is 9.43. The molecule has 4 aliphatic rings. The molecule has 4 heterocycles. The van der Waals surface area contributed by atoms with E-state index in [1.807, 2.05) is 24.3 Å². The highest BCUT2D eigenvalue weighted by Gasteiger charge is 2.37. The summed E-state index contributed by atoms with van der Waals surface area (Å²) in [6.45, 7) is 9.36. The number of carbonyl (C=O) groups excluding carboxylic acids is 4. The molecule has 0 saturated carbocycles. The zero-order valence-electron chi connectivity index (χ0n) is 35.1. The summed E-state index contributed by atoms with van der Waals surface area (Å²) in [7, 11) is 1.59. The van der Waals surface area contributed by atoms with E-state index >= 15 is 0 Å². The minimum Gasteiger partial charge on any atom is -0.463 e. The van der Waals surface area contributed by atoms with Crippen molar-refractivity contribution in [3.05, 3.63) is 58.1 Å². The second-order valence-electron chi connectivity index (χ2n) is 16.7. The fourth-order valence-corrected chi connectivity index (χ4v) is 8.97. The molecule has 3 fully saturated rings. The minimum atomic E-state index is -4.80. The average Bonchev–Trinajstić information content (AvgIpc) is 3.41. The van der Waals surface area contributed by atoms with Gasteiger partial charge in [0.15, 0.2) is 6.10 Å². The first-order chi connectivity index (χ1) is 29.2. The number of fused-ring (bicyclic) bond motifs is 1. The van der Waals surface area contributed by atoms with Gasteiger partial charge >= 0.3 is 24.3 Å². The van der Waals surface area contributed by atoms with Crippen LogP contribution in [0, 0.1) is 11.8 Å². The van der Waals surface area contributed by atoms with E-state index in [9.17, 15) is 32.3 Å². The second kappa shape index (κ2) is 21.2. The van der Waals surface area contributed by atoms with Crippen molar-refractivity contribution in [2.45, 2.75) is 70.2 Å². The number of nitrogens with one attached hydrogen (secondary N) is 1. The molecule has 18 heteroatoms. The van der Waals surface area contributed by atoms with Crippen LogP contribution >= 0.6 is 11.6 Å². The van der Waals surface area contributed by atoms with E-state index in [-0.39, 0.29) is 60.6 Å². The van der Waals surface area contributed by atoms with Gasteiger partial charge in [-0.3, -0.25) is 19.4 Å². The number of halogens is 4. The molecule has 4 aliphatic heterocycles. The first-order valence-electron chi connectivity index (χ1n) is 21.4. The summed E-state index contributed by atoms with van der Waals surface area (Å²) >= 11 is 6.14. The van der Waals surface area contributed by atoms with Crippen LogP contribution in [-0.2, 0) is 42.8 Å². The molecule has 0 aliphatic carbocycles. The van der Waals surface area contributed by atoms with Gasteiger partial charge in [-0.05, 0) is 92.8 Å². The number of hydrogen-bond donors (Lipinski definition) is 2. The van der Waals surface area contributed by atoms with E-state index in [4.69, 9.17) is 31.5 Å². The van der Waals surface area contributed by atoms with Gasteiger partial charge in [0.05, 0.1) is 36.0 Å². The Morgan fingerprint density at radius 2 is 1.70 bits per heavy atom. The van der Waals surface area contributed by atoms with Crippen LogP contribution in [0.25, 0.3) is 0 Å². The molecule has 0 spiro atoms. The Hall–Kier alpha value is -4.32. The largest absolute Gasteiger partial charge is 0.463 e. The molecule has 3 N–H and O–H groups in total. The van der Waals surface area contributed by atoms with Crippen LogP contribution in [0.4, 0.5) is 34.1 Å². The molecule has 2 aromatic rings. The van der Waals surface area contributed by atoms with Gasteiger partial charge in [0, 0.05) is 71.0 Å². The molecule has 2 aromatic carbocycles. The van der Waals surface area contributed by atoms with E-state index in [1.165, 1.54) is 15.9 Å². The van der Waals surface area contributed by atoms with Gasteiger partial charge in [0.25, 0.3) is 5.91 Å². The fourth-order valence-electron chi connectivity index (χ4n) is 8.72. The molecular weight excluding hydrogens is 819 g/mol. The lowest BCUT2D eigenvalue weighted by Gasteiger charge is -2.38. The topological polar surface area (TPSA) is 150 Å². The van der Waals surface area contributed by atoms with Gasteiger partial charge < -0.3 is 40.0 Å². The molecule has 61 heavy (non-hydrogen) atoms. The number of para-hydroxylation sites is 1. The number of anilines is 2. The lowest BCUT2D eigenvalue weighted by molar-refractivity contribution is -0.146. The number of urea groups is 1. The Morgan fingerprint density at radius 1 is 1.00 bits per heavy atom. The number of nitrogens with zero attached hydrogens (tertiary/aromatic N) is 5. The Morgan fingerprint density at radius 3 is 2.41 bits per heavy atom. The van der Waals surface area contributed by atoms with Crippen molar-refractivity contribution in [2.24, 2.45) is 11.8 Å². The maximum Gasteiger partial charge on any atom is 0.418 e. The van der Waals surface area contributed by atoms with Crippen molar-refractivity contribution in [1.82, 2.24) is 24.5 Å². The number of nitrogens with two attached hydrogens (primary N) is 1. The lowest BCUT2D eigenvalue weighted by atomic mass is 9.83. The highest BCUT2D eigenvalue weighted by molar-refractivity contribution is 6.33. The number of piperidine rings is 2. The predicted octanol–water partition coefficient (Wildman–Crippen LogP) is 5.62. The maximum absolute atomic E-state index is 14.1. The van der Waals surface area contributed by atoms with Crippen molar-refractivity contribution in [3.8, 4) is 0 Å². The number of likely N-dealkylation sites (tertiary alicyclic amines) is 2. The fraction of sp³-hybridized carbons (Fsp3) is 0.628. The molecule has 0 aromatic heterocycles. The number of benzene rings is 2. The number of alkyl halides is 3. The Bertz CT molecular complexity index is 1840. The molecule has 14 nitrogen and oxygen atoms in total. The van der Waals surface area contributed by atoms with Gasteiger partial charge in [-0.1, -0.05) is 36.7 Å². The van der Waals surface area contributed by atoms with Crippen LogP contribution in [0.1, 0.15) is 55.7 Å². The molecule has 2 atom stereocenters. The normalized spacial score (nSPS) is 19.7. The van der Waals surface area contributed by atoms with E-state index in [0.717, 1.165) is 56.3 Å². The third kappa shape index (κ3) is 12.6. The van der Waals surface area contributed by atoms with Crippen molar-refractivity contribution in [2.75, 3.05) is 103 Å². The first kappa shape index (κ1) is 46.2. The smallest absolute Gasteiger partial charge is 0.418 e. The summed E-state index contributed by atoms with van der Waals surface area (Å²) in [5, 5.41) is 2.66. The Labute approximate surface area is 360 Å². The molecule has 0 radical (unpaired) electrons. The lowest BCUT2D eigenvalue weighted by Crippen LogP contribution is -2.51. The summed E-state index contributed by atoms with van der Waals surface area (Å²) in [5.41, 5.74) is 5.79. The molecule has 1 unspecified atom stereocenters. The van der Waals surface area contributed by atoms with E-state index in [2.05, 4.69) is 22.0 Å². The highest BCUT2D eigenvalue weighted by atomic mass is 35.5. The summed E-state index contributed by atoms with van der Waals surface area (Å²) in [6.07, 6.45) is -3.31. The minimum absolute atomic E-state index is 0.0408. The van der Waals surface area contributed by atoms with Crippen LogP contribution in [0.2, 0.25) is 5.02 Å². The van der Waals surface area contributed by atoms with Gasteiger partial charge in [-0.2, -0.15) is 13.2 Å². The van der Waals surface area contributed by atoms with Crippen LogP contribution in [0.15, 0.2) is 36.4 Å². The van der Waals surface area contributed by atoms with E-state index in [0.29, 0.717) is 71.1 Å². The standard InChI is InChI=1S/C43H59ClF3N7O7/c1-29(31-8-14-52(15-9-31)28-38(55)60-24-21-51-19-22-59-23-20-51)7-13-50(2)40(56)37(27-30-25-34(43(45,46)47)39(48)35(44)26-30)61-42(58)53-16-11-33(12-17-53)54-18-10-32-5-3-4-6-36(32)49-41(54)57/h3-6,25-26,29,31,33,37H,7-24,27-28,48H2,1-2H3,(H,49,57)/t29?,37-/m1/s1. The van der Waals surface area contributed by atoms with Crippen molar-refractivity contribution in [1.29, 1.82) is 0 Å². The van der Waals surface area contributed by atoms with E-state index in [1.54, 1.807) is 11.9 Å². The van der Waals surface area contributed by atoms with Crippen molar-refractivity contribution >= 4 is 47.0 Å². The van der Waals surface area contributed by atoms with Crippen LogP contribution in [-0.4, -0.2) is 153 Å². The number of ether oxygens (including phenoxy) is 3. The quantitative estimate of drug-likeness (QED) is 0.181. The highest BCUT2D eigenvalue weighted by Crippen LogP contribution is 2.38. The second-order valence-corrected chi connectivity index (χ2v) is 17.1. The molecule has 0 bridgehead atoms. The number of carbonyl (C=O) groups is 4. The third-order valence-electron chi connectivity index (χ3n) is 12.6. The number of hydrogen-bond acceptors (Lipinski definition) is 10. The van der Waals surface area contributed by atoms with Crippen LogP contribution in [0.5, 0.6) is 0 Å². The molecule has 3 saturated heterocycles. The van der Waals surface area contributed by atoms with Gasteiger partial charge in [0.2, 0.25) is 0 Å². The first-order valence-corrected chi connectivity index (χ1v) is 21.7. The molecular formula is C43H59ClF3N7O7. The SMILES string of the molecule is CC(CCN(C)C(=O)[C@@H](Cc1cc(Cl)c(N)c(C(F)(F)F)c1)OC(=O)N1CCC(N2CCc3ccccc3NC2=O)CC1)C1CCN(CC(=O)OCCN2CCOCC2)CC1. The maximum atomic E-state index is 14.1. The Balaban J connectivity index is 1.02. The van der Waals surface area contributed by atoms with Gasteiger partial charge in [-0.25, -0.2) is 9.59 Å². The van der Waals surface area contributed by atoms with Crippen LogP contribution < -0.4 is 11.1 Å². The zero-order chi connectivity index (χ0) is 43.7. The van der Waals surface area contributed by atoms with Crippen molar-refractivity contribution < 1.29 is 46.6 Å².